The summed E-state index contributed by atoms with van der Waals surface area (Å²) < 4.78 is 0. The molecule has 29 heavy (non-hydrogen) atoms. The van der Waals surface area contributed by atoms with Crippen molar-refractivity contribution in [1.29, 1.82) is 0 Å². The van der Waals surface area contributed by atoms with Gasteiger partial charge in [0, 0.05) is 36.5 Å². The van der Waals surface area contributed by atoms with E-state index in [4.69, 9.17) is 4.98 Å². The molecule has 0 N–H and O–H groups in total. The third kappa shape index (κ3) is 5.31. The van der Waals surface area contributed by atoms with Gasteiger partial charge < -0.3 is 4.90 Å². The minimum atomic E-state index is 0.125. The van der Waals surface area contributed by atoms with Gasteiger partial charge >= 0.3 is 0 Å². The van der Waals surface area contributed by atoms with Crippen molar-refractivity contribution < 1.29 is 0 Å². The van der Waals surface area contributed by atoms with E-state index in [9.17, 15) is 0 Å². The molecule has 3 rings (SSSR count). The maximum atomic E-state index is 4.87. The molecule has 4 nitrogen and oxygen atoms in total. The highest BCUT2D eigenvalue weighted by Crippen LogP contribution is 2.34. The van der Waals surface area contributed by atoms with E-state index in [0.717, 1.165) is 34.4 Å². The lowest BCUT2D eigenvalue weighted by atomic mass is 9.96. The van der Waals surface area contributed by atoms with Crippen molar-refractivity contribution in [2.45, 2.75) is 53.4 Å². The van der Waals surface area contributed by atoms with Crippen LogP contribution >= 0.6 is 22.7 Å². The predicted octanol–water partition coefficient (Wildman–Crippen LogP) is 6.38. The Bertz CT molecular complexity index is 1010. The first-order chi connectivity index (χ1) is 13.7. The van der Waals surface area contributed by atoms with Crippen LogP contribution in [0.2, 0.25) is 0 Å². The summed E-state index contributed by atoms with van der Waals surface area (Å²) in [5.74, 6) is 0. The quantitative estimate of drug-likeness (QED) is 0.339. The summed E-state index contributed by atoms with van der Waals surface area (Å²) >= 11 is 3.45. The Kier molecular flexibility index (Phi) is 6.54. The molecule has 0 aliphatic heterocycles. The summed E-state index contributed by atoms with van der Waals surface area (Å²) in [7, 11) is 2.03. The van der Waals surface area contributed by atoms with E-state index in [-0.39, 0.29) is 5.41 Å². The lowest BCUT2D eigenvalue weighted by Crippen LogP contribution is -2.14. The lowest BCUT2D eigenvalue weighted by Gasteiger charge is -2.14. The van der Waals surface area contributed by atoms with Gasteiger partial charge in [0.1, 0.15) is 10.7 Å². The zero-order valence-corrected chi connectivity index (χ0v) is 20.0. The monoisotopic (exact) mass is 426 g/mol. The van der Waals surface area contributed by atoms with E-state index in [2.05, 4.69) is 73.9 Å². The number of hydrogen-bond acceptors (Lipinski definition) is 5. The Balaban J connectivity index is 1.78. The molecule has 0 aliphatic rings. The van der Waals surface area contributed by atoms with E-state index in [0.29, 0.717) is 0 Å². The first-order valence-corrected chi connectivity index (χ1v) is 11.6. The number of hydrogen-bond donors (Lipinski definition) is 0. The van der Waals surface area contributed by atoms with Gasteiger partial charge in [-0.25, -0.2) is 15.0 Å². The van der Waals surface area contributed by atoms with Crippen molar-refractivity contribution in [1.82, 2.24) is 14.9 Å². The van der Waals surface area contributed by atoms with Crippen molar-refractivity contribution in [3.05, 3.63) is 50.3 Å². The summed E-state index contributed by atoms with van der Waals surface area (Å²) in [6, 6.07) is 4.42. The van der Waals surface area contributed by atoms with Crippen LogP contribution in [0, 0.1) is 13.8 Å². The second-order valence-corrected chi connectivity index (χ2v) is 10.4. The average molecular weight is 427 g/mol. The standard InChI is InChI=1S/C23H30N4S2/c1-8-27(7)14-25-18-10-15(2)17(9-16(18)3)11-21-26-19(13-28-21)22-24-12-20(29-22)23(4,5)6/h9-10,12-14H,8,11H2,1-7H3/b25-14+. The third-order valence-electron chi connectivity index (χ3n) is 4.90. The van der Waals surface area contributed by atoms with E-state index < -0.39 is 0 Å². The summed E-state index contributed by atoms with van der Waals surface area (Å²) in [6.45, 7) is 14.0. The highest BCUT2D eigenvalue weighted by atomic mass is 32.1. The molecule has 0 unspecified atom stereocenters. The summed E-state index contributed by atoms with van der Waals surface area (Å²) in [5.41, 5.74) is 5.90. The van der Waals surface area contributed by atoms with Crippen molar-refractivity contribution in [2.24, 2.45) is 4.99 Å². The number of rotatable bonds is 6. The molecule has 1 aromatic carbocycles. The number of benzene rings is 1. The Morgan fingerprint density at radius 1 is 1.17 bits per heavy atom. The number of aryl methyl sites for hydroxylation is 2. The summed E-state index contributed by atoms with van der Waals surface area (Å²) in [6.07, 6.45) is 4.73. The summed E-state index contributed by atoms with van der Waals surface area (Å²) in [5, 5.41) is 4.26. The molecule has 0 fully saturated rings. The van der Waals surface area contributed by atoms with Gasteiger partial charge in [0.2, 0.25) is 0 Å². The molecule has 0 bridgehead atoms. The predicted molar refractivity (Wildman–Crippen MR) is 127 cm³/mol. The van der Waals surface area contributed by atoms with Crippen LogP contribution in [0.25, 0.3) is 10.7 Å². The number of nitrogens with zero attached hydrogens (tertiary/aromatic N) is 4. The maximum Gasteiger partial charge on any atom is 0.142 e. The third-order valence-corrected chi connectivity index (χ3v) is 7.20. The lowest BCUT2D eigenvalue weighted by molar-refractivity contribution is 0.552. The highest BCUT2D eigenvalue weighted by molar-refractivity contribution is 7.15. The van der Waals surface area contributed by atoms with Gasteiger partial charge in [-0.05, 0) is 48.9 Å². The fourth-order valence-electron chi connectivity index (χ4n) is 2.83. The smallest absolute Gasteiger partial charge is 0.142 e. The van der Waals surface area contributed by atoms with Gasteiger partial charge in [-0.2, -0.15) is 0 Å². The first kappa shape index (κ1) is 21.7. The van der Waals surface area contributed by atoms with Crippen LogP contribution in [-0.2, 0) is 11.8 Å². The SMILES string of the molecule is CCN(C)/C=N/c1cc(C)c(Cc2nc(-c3ncc(C(C)(C)C)s3)cs2)cc1C. The molecule has 0 radical (unpaired) electrons. The second-order valence-electron chi connectivity index (χ2n) is 8.47. The number of thiazole rings is 2. The average Bonchev–Trinajstić information content (AvgIpc) is 3.32. The van der Waals surface area contributed by atoms with Crippen molar-refractivity contribution in [3.8, 4) is 10.7 Å². The van der Waals surface area contributed by atoms with Gasteiger partial charge in [-0.3, -0.25) is 0 Å². The van der Waals surface area contributed by atoms with Crippen LogP contribution in [0.15, 0.2) is 28.7 Å². The van der Waals surface area contributed by atoms with Crippen molar-refractivity contribution in [2.75, 3.05) is 13.6 Å². The molecule has 0 amide bonds. The molecule has 0 saturated carbocycles. The molecule has 0 saturated heterocycles. The molecule has 2 heterocycles. The molecule has 154 valence electrons. The zero-order chi connectivity index (χ0) is 21.2. The van der Waals surface area contributed by atoms with Crippen LogP contribution in [0.5, 0.6) is 0 Å². The second kappa shape index (κ2) is 8.76. The molecular formula is C23H30N4S2. The van der Waals surface area contributed by atoms with Gasteiger partial charge in [0.05, 0.1) is 17.0 Å². The van der Waals surface area contributed by atoms with Gasteiger partial charge in [0.15, 0.2) is 0 Å². The molecule has 3 aromatic rings. The summed E-state index contributed by atoms with van der Waals surface area (Å²) in [4.78, 5) is 17.5. The van der Waals surface area contributed by atoms with Crippen LogP contribution in [0.3, 0.4) is 0 Å². The Morgan fingerprint density at radius 3 is 2.59 bits per heavy atom. The molecule has 0 spiro atoms. The van der Waals surface area contributed by atoms with E-state index >= 15 is 0 Å². The van der Waals surface area contributed by atoms with Gasteiger partial charge in [0.25, 0.3) is 0 Å². The topological polar surface area (TPSA) is 41.4 Å². The Hall–Kier alpha value is -2.05. The molecular weight excluding hydrogens is 396 g/mol. The number of aliphatic imine (C=N–C) groups is 1. The van der Waals surface area contributed by atoms with Crippen LogP contribution < -0.4 is 0 Å². The minimum absolute atomic E-state index is 0.125. The molecule has 6 heteroatoms. The van der Waals surface area contributed by atoms with Crippen molar-refractivity contribution >= 4 is 34.7 Å². The van der Waals surface area contributed by atoms with Crippen molar-refractivity contribution in [3.63, 3.8) is 0 Å². The molecule has 2 aromatic heterocycles. The van der Waals surface area contributed by atoms with E-state index in [1.165, 1.54) is 21.6 Å². The zero-order valence-electron chi connectivity index (χ0n) is 18.4. The van der Waals surface area contributed by atoms with Gasteiger partial charge in [-0.15, -0.1) is 22.7 Å². The fourth-order valence-corrected chi connectivity index (χ4v) is 4.64. The Labute approximate surface area is 182 Å². The van der Waals surface area contributed by atoms with Gasteiger partial charge in [-0.1, -0.05) is 26.8 Å². The van der Waals surface area contributed by atoms with Crippen LogP contribution in [-0.4, -0.2) is 34.8 Å². The molecule has 0 aliphatic carbocycles. The van der Waals surface area contributed by atoms with E-state index in [1.807, 2.05) is 19.6 Å². The fraction of sp³-hybridized carbons (Fsp3) is 0.435. The minimum Gasteiger partial charge on any atom is -0.366 e. The Morgan fingerprint density at radius 2 is 1.93 bits per heavy atom. The highest BCUT2D eigenvalue weighted by Gasteiger charge is 2.19. The first-order valence-electron chi connectivity index (χ1n) is 9.93. The van der Waals surface area contributed by atoms with Crippen LogP contribution in [0.4, 0.5) is 5.69 Å². The largest absolute Gasteiger partial charge is 0.366 e. The molecule has 0 atom stereocenters. The maximum absolute atomic E-state index is 4.87. The number of aromatic nitrogens is 2. The van der Waals surface area contributed by atoms with Crippen LogP contribution in [0.1, 0.15) is 54.3 Å². The normalized spacial score (nSPS) is 12.1. The van der Waals surface area contributed by atoms with E-state index in [1.54, 1.807) is 22.7 Å².